The van der Waals surface area contributed by atoms with E-state index in [0.717, 1.165) is 4.40 Å². The average Bonchev–Trinajstić information content (AvgIpc) is 2.90. The van der Waals surface area contributed by atoms with Crippen LogP contribution in [0.25, 0.3) is 16.8 Å². The van der Waals surface area contributed by atoms with Gasteiger partial charge in [-0.1, -0.05) is 13.8 Å². The first-order valence-corrected chi connectivity index (χ1v) is 7.49. The molecule has 0 fully saturated rings. The quantitative estimate of drug-likeness (QED) is 0.721. The highest BCUT2D eigenvalue weighted by Crippen LogP contribution is 2.30. The number of fused-ring (bicyclic) bond motifs is 3. The number of nitrogens with zero attached hydrogens (tertiary/aromatic N) is 5. The fourth-order valence-electron chi connectivity index (χ4n) is 1.97. The fourth-order valence-corrected chi connectivity index (χ4v) is 2.92. The van der Waals surface area contributed by atoms with Gasteiger partial charge in [0.15, 0.2) is 16.3 Å². The molecule has 22 heavy (non-hydrogen) atoms. The maximum absolute atomic E-state index is 13.1. The van der Waals surface area contributed by atoms with Crippen LogP contribution in [0, 0.1) is 0 Å². The lowest BCUT2D eigenvalue weighted by Gasteiger charge is -2.10. The molecule has 0 amide bonds. The first kappa shape index (κ1) is 14.8. The van der Waals surface area contributed by atoms with Gasteiger partial charge in [-0.2, -0.15) is 13.2 Å². The van der Waals surface area contributed by atoms with Crippen LogP contribution in [-0.2, 0) is 17.0 Å². The molecule has 0 radical (unpaired) electrons. The number of aromatic nitrogens is 5. The molecule has 10 heteroatoms. The Morgan fingerprint density at radius 1 is 1.23 bits per heavy atom. The molecule has 116 valence electrons. The maximum Gasteiger partial charge on any atom is 0.452 e. The Morgan fingerprint density at radius 3 is 2.59 bits per heavy atom. The largest absolute Gasteiger partial charge is 0.452 e. The van der Waals surface area contributed by atoms with Gasteiger partial charge >= 0.3 is 6.18 Å². The summed E-state index contributed by atoms with van der Waals surface area (Å²) in [5.41, 5.74) is -0.0193. The van der Waals surface area contributed by atoms with Crippen LogP contribution in [0.5, 0.6) is 0 Å². The monoisotopic (exact) mass is 329 g/mol. The van der Waals surface area contributed by atoms with E-state index in [4.69, 9.17) is 0 Å². The summed E-state index contributed by atoms with van der Waals surface area (Å²) in [6.07, 6.45) is -3.36. The molecule has 0 bridgehead atoms. The highest BCUT2D eigenvalue weighted by Gasteiger charge is 2.38. The molecule has 3 rings (SSSR count). The second-order valence-electron chi connectivity index (χ2n) is 4.79. The Kier molecular flexibility index (Phi) is 3.35. The van der Waals surface area contributed by atoms with Gasteiger partial charge in [0, 0.05) is 11.4 Å². The van der Waals surface area contributed by atoms with Gasteiger partial charge in [0.05, 0.1) is 10.8 Å². The van der Waals surface area contributed by atoms with Crippen LogP contribution in [-0.4, -0.2) is 34.0 Å². The Labute approximate surface area is 124 Å². The van der Waals surface area contributed by atoms with E-state index in [1.807, 2.05) is 0 Å². The lowest BCUT2D eigenvalue weighted by molar-refractivity contribution is -0.145. The van der Waals surface area contributed by atoms with Gasteiger partial charge in [0.1, 0.15) is 5.52 Å². The molecule has 3 aromatic heterocycles. The Bertz CT molecular complexity index is 889. The van der Waals surface area contributed by atoms with Gasteiger partial charge in [-0.05, 0) is 12.1 Å². The number of halogens is 3. The first-order valence-electron chi connectivity index (χ1n) is 6.28. The van der Waals surface area contributed by atoms with E-state index in [9.17, 15) is 17.4 Å². The van der Waals surface area contributed by atoms with Gasteiger partial charge in [-0.3, -0.25) is 8.61 Å². The zero-order chi connectivity index (χ0) is 16.1. The SMILES string of the molecule is CC(C)S(=O)c1nc2cccnc2n2c(C(F)(F)F)nnc12. The zero-order valence-electron chi connectivity index (χ0n) is 11.5. The summed E-state index contributed by atoms with van der Waals surface area (Å²) in [5.74, 6) is -1.21. The normalized spacial score (nSPS) is 14.1. The summed E-state index contributed by atoms with van der Waals surface area (Å²) in [5, 5.41) is 6.38. The predicted molar refractivity (Wildman–Crippen MR) is 72.6 cm³/mol. The molecule has 0 saturated heterocycles. The molecule has 0 saturated carbocycles. The van der Waals surface area contributed by atoms with E-state index < -0.39 is 22.8 Å². The van der Waals surface area contributed by atoms with E-state index in [0.29, 0.717) is 0 Å². The lowest BCUT2D eigenvalue weighted by Crippen LogP contribution is -2.14. The van der Waals surface area contributed by atoms with Crippen molar-refractivity contribution in [3.8, 4) is 0 Å². The van der Waals surface area contributed by atoms with Crippen molar-refractivity contribution >= 4 is 27.6 Å². The third kappa shape index (κ3) is 2.23. The molecule has 3 heterocycles. The van der Waals surface area contributed by atoms with Crippen LogP contribution in [0.4, 0.5) is 13.2 Å². The van der Waals surface area contributed by atoms with Gasteiger partial charge < -0.3 is 0 Å². The van der Waals surface area contributed by atoms with Gasteiger partial charge in [-0.25, -0.2) is 9.97 Å². The minimum Gasteiger partial charge on any atom is -0.252 e. The Balaban J connectivity index is 2.48. The van der Waals surface area contributed by atoms with Crippen molar-refractivity contribution < 1.29 is 17.4 Å². The topological polar surface area (TPSA) is 73.0 Å². The third-order valence-corrected chi connectivity index (χ3v) is 4.44. The lowest BCUT2D eigenvalue weighted by atomic mass is 10.4. The second-order valence-corrected chi connectivity index (χ2v) is 6.71. The van der Waals surface area contributed by atoms with Crippen molar-refractivity contribution in [1.29, 1.82) is 0 Å². The van der Waals surface area contributed by atoms with Crippen LogP contribution < -0.4 is 0 Å². The average molecular weight is 329 g/mol. The van der Waals surface area contributed by atoms with Crippen molar-refractivity contribution in [3.05, 3.63) is 24.2 Å². The van der Waals surface area contributed by atoms with Gasteiger partial charge in [-0.15, -0.1) is 10.2 Å². The van der Waals surface area contributed by atoms with Crippen LogP contribution in [0.1, 0.15) is 19.7 Å². The standard InChI is InChI=1S/C12H10F3N5OS/c1-6(2)22(21)10-9-18-19-11(12(13,14)15)20(9)8-7(17-10)4-3-5-16-8/h3-6H,1-2H3. The minimum atomic E-state index is -4.71. The Hall–Kier alpha value is -2.10. The van der Waals surface area contributed by atoms with E-state index in [1.54, 1.807) is 19.9 Å². The summed E-state index contributed by atoms with van der Waals surface area (Å²) in [6, 6.07) is 3.05. The molecule has 0 spiro atoms. The molecule has 0 aromatic carbocycles. The second kappa shape index (κ2) is 4.97. The number of hydrogen-bond donors (Lipinski definition) is 0. The van der Waals surface area contributed by atoms with E-state index in [2.05, 4.69) is 20.2 Å². The van der Waals surface area contributed by atoms with Crippen molar-refractivity contribution in [2.24, 2.45) is 0 Å². The summed E-state index contributed by atoms with van der Waals surface area (Å²) in [4.78, 5) is 8.09. The summed E-state index contributed by atoms with van der Waals surface area (Å²) in [6.45, 7) is 3.37. The number of hydrogen-bond acceptors (Lipinski definition) is 5. The maximum atomic E-state index is 13.1. The molecular weight excluding hydrogens is 319 g/mol. The molecule has 3 aromatic rings. The summed E-state index contributed by atoms with van der Waals surface area (Å²) in [7, 11) is -1.61. The summed E-state index contributed by atoms with van der Waals surface area (Å²) >= 11 is 0. The van der Waals surface area contributed by atoms with E-state index in [1.165, 1.54) is 12.3 Å². The van der Waals surface area contributed by atoms with Crippen molar-refractivity contribution in [2.75, 3.05) is 0 Å². The van der Waals surface area contributed by atoms with Crippen molar-refractivity contribution in [2.45, 2.75) is 30.3 Å². The highest BCUT2D eigenvalue weighted by molar-refractivity contribution is 7.85. The molecule has 0 N–H and O–H groups in total. The number of pyridine rings is 1. The Morgan fingerprint density at radius 2 is 1.95 bits per heavy atom. The van der Waals surface area contributed by atoms with Crippen LogP contribution in [0.2, 0.25) is 0 Å². The molecule has 1 atom stereocenters. The number of alkyl halides is 3. The molecule has 6 nitrogen and oxygen atoms in total. The van der Waals surface area contributed by atoms with Gasteiger partial charge in [0.25, 0.3) is 0 Å². The minimum absolute atomic E-state index is 0.0284. The van der Waals surface area contributed by atoms with Gasteiger partial charge in [0.2, 0.25) is 5.82 Å². The van der Waals surface area contributed by atoms with E-state index in [-0.39, 0.29) is 27.1 Å². The highest BCUT2D eigenvalue weighted by atomic mass is 32.2. The van der Waals surface area contributed by atoms with Crippen LogP contribution >= 0.6 is 0 Å². The molecular formula is C12H10F3N5OS. The summed E-state index contributed by atoms with van der Waals surface area (Å²) < 4.78 is 52.5. The third-order valence-electron chi connectivity index (χ3n) is 2.93. The predicted octanol–water partition coefficient (Wildman–Crippen LogP) is 2.21. The molecule has 0 aliphatic carbocycles. The van der Waals surface area contributed by atoms with Crippen molar-refractivity contribution in [3.63, 3.8) is 0 Å². The molecule has 0 aliphatic heterocycles. The first-order chi connectivity index (χ1) is 10.3. The van der Waals surface area contributed by atoms with E-state index >= 15 is 0 Å². The smallest absolute Gasteiger partial charge is 0.252 e. The molecule has 0 aliphatic rings. The van der Waals surface area contributed by atoms with Crippen LogP contribution in [0.3, 0.4) is 0 Å². The fraction of sp³-hybridized carbons (Fsp3) is 0.333. The van der Waals surface area contributed by atoms with Crippen LogP contribution in [0.15, 0.2) is 23.4 Å². The van der Waals surface area contributed by atoms with Crippen molar-refractivity contribution in [1.82, 2.24) is 24.6 Å². The number of rotatable bonds is 2. The molecule has 1 unspecified atom stereocenters. The zero-order valence-corrected chi connectivity index (χ0v) is 12.3.